The summed E-state index contributed by atoms with van der Waals surface area (Å²) in [5.41, 5.74) is 14.4. The zero-order valence-corrected chi connectivity index (χ0v) is 28.6. The molecule has 0 fully saturated rings. The Balaban J connectivity index is 0.000000241. The van der Waals surface area contributed by atoms with Gasteiger partial charge < -0.3 is 26.9 Å². The van der Waals surface area contributed by atoms with Gasteiger partial charge in [0.2, 0.25) is 11.8 Å². The first-order chi connectivity index (χ1) is 24.8. The second-order valence-electron chi connectivity index (χ2n) is 11.1. The standard InChI is InChI=1S/C23H21NO3.C11H12N2O.C7H6O.CH5N/c25-21(16-17-22(26)27)24-23(18-10-4-1-5-11-18,19-12-6-2-7-13-19)20-14-8-3-9-15-20;12-11(14)6-5-8-7-13-10-4-2-1-3-9(8)10;8-6-7-4-2-1-3-5-7;1-2/h1-15H,16-17H2,(H,24,25)(H,26,27);1-4,7,13H,5-6H2,(H2,12,14);1-6H;2H2,1H3. The monoisotopic (exact) mass is 684 g/mol. The van der Waals surface area contributed by atoms with Crippen LogP contribution in [0.15, 0.2) is 152 Å². The molecule has 9 nitrogen and oxygen atoms in total. The van der Waals surface area contributed by atoms with Gasteiger partial charge in [-0.2, -0.15) is 0 Å². The van der Waals surface area contributed by atoms with Crippen molar-refractivity contribution in [3.63, 3.8) is 0 Å². The summed E-state index contributed by atoms with van der Waals surface area (Å²) in [6, 6.07) is 46.3. The van der Waals surface area contributed by atoms with Gasteiger partial charge in [-0.15, -0.1) is 0 Å². The minimum atomic E-state index is -0.991. The molecule has 0 atom stereocenters. The number of amides is 2. The maximum absolute atomic E-state index is 12.7. The van der Waals surface area contributed by atoms with E-state index in [2.05, 4.69) is 16.0 Å². The number of nitrogens with two attached hydrogens (primary N) is 2. The third kappa shape index (κ3) is 11.7. The third-order valence-corrected chi connectivity index (χ3v) is 7.76. The Morgan fingerprint density at radius 3 is 1.55 bits per heavy atom. The number of aromatic amines is 1. The second kappa shape index (κ2) is 20.9. The van der Waals surface area contributed by atoms with Gasteiger partial charge >= 0.3 is 5.97 Å². The fourth-order valence-corrected chi connectivity index (χ4v) is 5.40. The van der Waals surface area contributed by atoms with Gasteiger partial charge in [0.05, 0.1) is 6.42 Å². The Labute approximate surface area is 298 Å². The van der Waals surface area contributed by atoms with E-state index in [4.69, 9.17) is 10.8 Å². The van der Waals surface area contributed by atoms with Crippen LogP contribution in [-0.4, -0.2) is 41.2 Å². The fraction of sp³-hybridized carbons (Fsp3) is 0.143. The molecule has 7 N–H and O–H groups in total. The number of para-hydroxylation sites is 1. The van der Waals surface area contributed by atoms with Gasteiger partial charge in [0.15, 0.2) is 0 Å². The number of rotatable bonds is 11. The van der Waals surface area contributed by atoms with Crippen molar-refractivity contribution in [2.24, 2.45) is 11.5 Å². The van der Waals surface area contributed by atoms with Gasteiger partial charge in [-0.3, -0.25) is 19.2 Å². The molecule has 9 heteroatoms. The number of benzene rings is 5. The first-order valence-corrected chi connectivity index (χ1v) is 16.4. The lowest BCUT2D eigenvalue weighted by Gasteiger charge is -2.37. The zero-order valence-electron chi connectivity index (χ0n) is 28.6. The van der Waals surface area contributed by atoms with Crippen LogP contribution in [0.3, 0.4) is 0 Å². The van der Waals surface area contributed by atoms with Crippen molar-refractivity contribution in [3.8, 4) is 0 Å². The van der Waals surface area contributed by atoms with Crippen LogP contribution in [0, 0.1) is 0 Å². The molecule has 0 bridgehead atoms. The Bertz CT molecular complexity index is 1830. The maximum Gasteiger partial charge on any atom is 0.303 e. The number of nitrogens with one attached hydrogen (secondary N) is 2. The van der Waals surface area contributed by atoms with Gasteiger partial charge in [-0.05, 0) is 41.8 Å². The van der Waals surface area contributed by atoms with Crippen LogP contribution in [-0.2, 0) is 26.3 Å². The molecule has 0 saturated carbocycles. The number of primary amides is 1. The van der Waals surface area contributed by atoms with E-state index in [0.717, 1.165) is 39.6 Å². The maximum atomic E-state index is 12.7. The van der Waals surface area contributed by atoms with Crippen molar-refractivity contribution >= 4 is 35.0 Å². The summed E-state index contributed by atoms with van der Waals surface area (Å²) in [6.07, 6.45) is 3.60. The molecule has 51 heavy (non-hydrogen) atoms. The molecule has 0 aliphatic heterocycles. The van der Waals surface area contributed by atoms with Crippen molar-refractivity contribution in [2.75, 3.05) is 7.05 Å². The number of fused-ring (bicyclic) bond motifs is 1. The molecule has 0 radical (unpaired) electrons. The summed E-state index contributed by atoms with van der Waals surface area (Å²) in [6.45, 7) is 0. The number of aromatic nitrogens is 1. The molecular formula is C42H44N4O5. The quantitative estimate of drug-likeness (QED) is 0.0759. The molecule has 0 aliphatic carbocycles. The van der Waals surface area contributed by atoms with Crippen LogP contribution in [0.2, 0.25) is 0 Å². The number of aldehydes is 1. The first kappa shape index (κ1) is 39.1. The minimum Gasteiger partial charge on any atom is -0.481 e. The van der Waals surface area contributed by atoms with Crippen LogP contribution < -0.4 is 16.8 Å². The van der Waals surface area contributed by atoms with Crippen LogP contribution in [0.25, 0.3) is 10.9 Å². The summed E-state index contributed by atoms with van der Waals surface area (Å²) in [4.78, 5) is 47.4. The summed E-state index contributed by atoms with van der Waals surface area (Å²) in [5, 5.41) is 13.2. The molecule has 0 spiro atoms. The predicted molar refractivity (Wildman–Crippen MR) is 202 cm³/mol. The molecule has 0 saturated heterocycles. The molecule has 6 rings (SSSR count). The van der Waals surface area contributed by atoms with Gasteiger partial charge in [0.1, 0.15) is 11.8 Å². The highest BCUT2D eigenvalue weighted by molar-refractivity contribution is 5.84. The van der Waals surface area contributed by atoms with E-state index in [1.165, 1.54) is 12.4 Å². The predicted octanol–water partition coefficient (Wildman–Crippen LogP) is 6.62. The van der Waals surface area contributed by atoms with Crippen molar-refractivity contribution in [1.82, 2.24) is 10.3 Å². The largest absolute Gasteiger partial charge is 0.481 e. The van der Waals surface area contributed by atoms with Gasteiger partial charge in [-0.1, -0.05) is 140 Å². The normalized spacial score (nSPS) is 10.2. The number of hydrogen-bond donors (Lipinski definition) is 5. The number of carboxylic acid groups (broad SMARTS) is 1. The second-order valence-corrected chi connectivity index (χ2v) is 11.1. The summed E-state index contributed by atoms with van der Waals surface area (Å²) in [7, 11) is 1.50. The van der Waals surface area contributed by atoms with Crippen LogP contribution in [0.4, 0.5) is 0 Å². The third-order valence-electron chi connectivity index (χ3n) is 7.76. The molecule has 0 unspecified atom stereocenters. The van der Waals surface area contributed by atoms with Crippen LogP contribution in [0.1, 0.15) is 51.9 Å². The van der Waals surface area contributed by atoms with E-state index >= 15 is 0 Å². The van der Waals surface area contributed by atoms with E-state index in [1.54, 1.807) is 12.1 Å². The SMILES string of the molecule is CN.NC(=O)CCc1c[nH]c2ccccc12.O=C(O)CCC(=O)NC(c1ccccc1)(c1ccccc1)c1ccccc1.O=Cc1ccccc1. The number of aryl methyl sites for hydroxylation is 1. The van der Waals surface area contributed by atoms with Gasteiger partial charge in [-0.25, -0.2) is 0 Å². The molecular weight excluding hydrogens is 640 g/mol. The first-order valence-electron chi connectivity index (χ1n) is 16.4. The number of carbonyl (C=O) groups is 4. The van der Waals surface area contributed by atoms with E-state index in [0.29, 0.717) is 12.8 Å². The number of aliphatic carboxylic acids is 1. The molecule has 5 aromatic carbocycles. The lowest BCUT2D eigenvalue weighted by molar-refractivity contribution is -0.139. The van der Waals surface area contributed by atoms with Gasteiger partial charge in [0.25, 0.3) is 0 Å². The molecule has 0 aliphatic rings. The minimum absolute atomic E-state index is 0.0798. The lowest BCUT2D eigenvalue weighted by atomic mass is 9.77. The number of carbonyl (C=O) groups excluding carboxylic acids is 3. The number of carboxylic acids is 1. The molecule has 6 aromatic rings. The highest BCUT2D eigenvalue weighted by Crippen LogP contribution is 2.36. The average Bonchev–Trinajstić information content (AvgIpc) is 3.61. The highest BCUT2D eigenvalue weighted by Gasteiger charge is 2.37. The summed E-state index contributed by atoms with van der Waals surface area (Å²) < 4.78 is 0. The molecule has 1 aromatic heterocycles. The average molecular weight is 685 g/mol. The number of H-pyrrole nitrogens is 1. The smallest absolute Gasteiger partial charge is 0.303 e. The van der Waals surface area contributed by atoms with Gasteiger partial charge in [0, 0.05) is 35.5 Å². The summed E-state index contributed by atoms with van der Waals surface area (Å²) >= 11 is 0. The Morgan fingerprint density at radius 1 is 0.667 bits per heavy atom. The lowest BCUT2D eigenvalue weighted by Crippen LogP contribution is -2.47. The molecule has 1 heterocycles. The van der Waals surface area contributed by atoms with Crippen LogP contribution >= 0.6 is 0 Å². The Kier molecular flexibility index (Phi) is 16.0. The van der Waals surface area contributed by atoms with E-state index in [-0.39, 0.29) is 24.7 Å². The van der Waals surface area contributed by atoms with Crippen LogP contribution in [0.5, 0.6) is 0 Å². The van der Waals surface area contributed by atoms with Crippen molar-refractivity contribution in [3.05, 3.63) is 180 Å². The highest BCUT2D eigenvalue weighted by atomic mass is 16.4. The molecule has 2 amide bonds. The Morgan fingerprint density at radius 2 is 1.12 bits per heavy atom. The van der Waals surface area contributed by atoms with E-state index < -0.39 is 11.5 Å². The van der Waals surface area contributed by atoms with E-state index in [9.17, 15) is 19.2 Å². The zero-order chi connectivity index (χ0) is 36.9. The topological polar surface area (TPSA) is 168 Å². The molecule has 262 valence electrons. The van der Waals surface area contributed by atoms with Crippen molar-refractivity contribution in [1.29, 1.82) is 0 Å². The summed E-state index contributed by atoms with van der Waals surface area (Å²) in [5.74, 6) is -1.56. The fourth-order valence-electron chi connectivity index (χ4n) is 5.40. The number of hydrogen-bond acceptors (Lipinski definition) is 5. The van der Waals surface area contributed by atoms with Crippen molar-refractivity contribution < 1.29 is 24.3 Å². The Hall–Kier alpha value is -6.32. The van der Waals surface area contributed by atoms with Crippen molar-refractivity contribution in [2.45, 2.75) is 31.2 Å². The van der Waals surface area contributed by atoms with E-state index in [1.807, 2.05) is 140 Å².